The van der Waals surface area contributed by atoms with Crippen LogP contribution in [0.2, 0.25) is 5.02 Å². The quantitative estimate of drug-likeness (QED) is 0.890. The Kier molecular flexibility index (Phi) is 4.26. The third-order valence-electron chi connectivity index (χ3n) is 1.56. The first-order valence-corrected chi connectivity index (χ1v) is 5.38. The average molecular weight is 333 g/mol. The van der Waals surface area contributed by atoms with Gasteiger partial charge in [-0.2, -0.15) is 0 Å². The zero-order chi connectivity index (χ0) is 13.2. The molecule has 0 bridgehead atoms. The molecular formula is C9H6BrClF3NO2. The van der Waals surface area contributed by atoms with E-state index in [4.69, 9.17) is 11.6 Å². The maximum absolute atomic E-state index is 12.0. The summed E-state index contributed by atoms with van der Waals surface area (Å²) in [5.74, 6) is -0.911. The second-order valence-corrected chi connectivity index (χ2v) is 4.25. The molecule has 0 heterocycles. The lowest BCUT2D eigenvalue weighted by Crippen LogP contribution is -2.17. The molecule has 0 saturated carbocycles. The van der Waals surface area contributed by atoms with E-state index < -0.39 is 12.1 Å². The number of halogens is 5. The highest BCUT2D eigenvalue weighted by Gasteiger charge is 2.32. The third-order valence-corrected chi connectivity index (χ3v) is 2.51. The van der Waals surface area contributed by atoms with Gasteiger partial charge in [-0.15, -0.1) is 13.2 Å². The molecule has 1 N–H and O–H groups in total. The van der Waals surface area contributed by atoms with E-state index in [1.807, 2.05) is 0 Å². The van der Waals surface area contributed by atoms with Crippen LogP contribution >= 0.6 is 27.5 Å². The number of nitrogens with one attached hydrogen (secondary N) is 1. The first-order valence-electron chi connectivity index (χ1n) is 4.21. The van der Waals surface area contributed by atoms with Gasteiger partial charge in [-0.05, 0) is 28.1 Å². The largest absolute Gasteiger partial charge is 0.573 e. The highest BCUT2D eigenvalue weighted by Crippen LogP contribution is 2.37. The molecule has 1 aromatic rings. The number of hydrogen-bond acceptors (Lipinski definition) is 2. The van der Waals surface area contributed by atoms with Gasteiger partial charge in [-0.25, -0.2) is 0 Å². The lowest BCUT2D eigenvalue weighted by molar-refractivity contribution is -0.274. The summed E-state index contributed by atoms with van der Waals surface area (Å²) < 4.78 is 39.9. The third kappa shape index (κ3) is 4.43. The molecule has 0 aromatic heterocycles. The predicted octanol–water partition coefficient (Wildman–Crippen LogP) is 3.96. The normalized spacial score (nSPS) is 11.2. The van der Waals surface area contributed by atoms with Crippen LogP contribution in [0.1, 0.15) is 6.92 Å². The predicted molar refractivity (Wildman–Crippen MR) is 60.1 cm³/mol. The van der Waals surface area contributed by atoms with E-state index in [0.717, 1.165) is 12.1 Å². The summed E-state index contributed by atoms with van der Waals surface area (Å²) in [6.45, 7) is 1.26. The molecule has 0 aliphatic carbocycles. The van der Waals surface area contributed by atoms with Gasteiger partial charge in [0.25, 0.3) is 0 Å². The highest BCUT2D eigenvalue weighted by molar-refractivity contribution is 9.10. The number of ether oxygens (including phenoxy) is 1. The fourth-order valence-electron chi connectivity index (χ4n) is 1.02. The Balaban J connectivity index is 3.05. The fraction of sp³-hybridized carbons (Fsp3) is 0.222. The van der Waals surface area contributed by atoms with E-state index in [0.29, 0.717) is 0 Å². The van der Waals surface area contributed by atoms with Crippen molar-refractivity contribution in [1.82, 2.24) is 0 Å². The molecular weight excluding hydrogens is 326 g/mol. The Morgan fingerprint density at radius 3 is 2.53 bits per heavy atom. The molecule has 1 rings (SSSR count). The smallest absolute Gasteiger partial charge is 0.404 e. The number of carbonyl (C=O) groups excluding carboxylic acids is 1. The summed E-state index contributed by atoms with van der Waals surface area (Å²) in [7, 11) is 0. The lowest BCUT2D eigenvalue weighted by Gasteiger charge is -2.13. The molecule has 0 aliphatic rings. The second-order valence-electron chi connectivity index (χ2n) is 2.99. The van der Waals surface area contributed by atoms with Crippen molar-refractivity contribution in [1.29, 1.82) is 0 Å². The minimum atomic E-state index is -4.82. The van der Waals surface area contributed by atoms with Gasteiger partial charge >= 0.3 is 6.36 Å². The number of carbonyl (C=O) groups is 1. The van der Waals surface area contributed by atoms with Gasteiger partial charge < -0.3 is 10.1 Å². The maximum Gasteiger partial charge on any atom is 0.573 e. The van der Waals surface area contributed by atoms with Crippen molar-refractivity contribution < 1.29 is 22.7 Å². The molecule has 17 heavy (non-hydrogen) atoms. The van der Waals surface area contributed by atoms with E-state index in [2.05, 4.69) is 26.0 Å². The molecule has 0 fully saturated rings. The Morgan fingerprint density at radius 1 is 1.47 bits per heavy atom. The van der Waals surface area contributed by atoms with Crippen LogP contribution in [-0.2, 0) is 4.79 Å². The second kappa shape index (κ2) is 5.14. The van der Waals surface area contributed by atoms with Crippen molar-refractivity contribution in [2.24, 2.45) is 0 Å². The number of hydrogen-bond donors (Lipinski definition) is 1. The first-order chi connectivity index (χ1) is 7.69. The summed E-state index contributed by atoms with van der Waals surface area (Å²) >= 11 is 8.59. The Labute approximate surface area is 108 Å². The summed E-state index contributed by atoms with van der Waals surface area (Å²) in [5.41, 5.74) is 0.261. The van der Waals surface area contributed by atoms with E-state index in [1.165, 1.54) is 6.92 Å². The van der Waals surface area contributed by atoms with Gasteiger partial charge in [0.1, 0.15) is 5.75 Å². The van der Waals surface area contributed by atoms with Crippen molar-refractivity contribution in [3.05, 3.63) is 21.6 Å². The molecule has 0 spiro atoms. The van der Waals surface area contributed by atoms with Crippen LogP contribution in [-0.4, -0.2) is 12.3 Å². The molecule has 0 atom stereocenters. The van der Waals surface area contributed by atoms with Crippen LogP contribution in [0, 0.1) is 0 Å². The molecule has 1 amide bonds. The maximum atomic E-state index is 12.0. The summed E-state index contributed by atoms with van der Waals surface area (Å²) in [6, 6.07) is 2.19. The number of amides is 1. The van der Waals surface area contributed by atoms with Crippen LogP contribution < -0.4 is 10.1 Å². The van der Waals surface area contributed by atoms with Crippen molar-refractivity contribution in [2.45, 2.75) is 13.3 Å². The minimum absolute atomic E-state index is 0.233. The summed E-state index contributed by atoms with van der Waals surface area (Å²) in [5, 5.41) is 2.14. The van der Waals surface area contributed by atoms with Gasteiger partial charge in [0, 0.05) is 11.4 Å². The van der Waals surface area contributed by atoms with Crippen molar-refractivity contribution in [3.8, 4) is 5.75 Å². The highest BCUT2D eigenvalue weighted by atomic mass is 79.9. The molecule has 0 saturated heterocycles. The van der Waals surface area contributed by atoms with E-state index in [9.17, 15) is 18.0 Å². The van der Waals surface area contributed by atoms with Gasteiger partial charge in [0.05, 0.1) is 10.7 Å². The molecule has 94 valence electrons. The zero-order valence-electron chi connectivity index (χ0n) is 8.36. The Hall–Kier alpha value is -0.950. The first kappa shape index (κ1) is 14.1. The number of rotatable bonds is 2. The van der Waals surface area contributed by atoms with Gasteiger partial charge in [0.2, 0.25) is 5.91 Å². The zero-order valence-corrected chi connectivity index (χ0v) is 10.7. The number of alkyl halides is 3. The Morgan fingerprint density at radius 2 is 2.06 bits per heavy atom. The van der Waals surface area contributed by atoms with E-state index in [-0.39, 0.29) is 21.1 Å². The van der Waals surface area contributed by atoms with Crippen molar-refractivity contribution in [3.63, 3.8) is 0 Å². The number of anilines is 1. The monoisotopic (exact) mass is 331 g/mol. The van der Waals surface area contributed by atoms with Crippen LogP contribution in [0.15, 0.2) is 16.6 Å². The van der Waals surface area contributed by atoms with Crippen molar-refractivity contribution in [2.75, 3.05) is 5.32 Å². The van der Waals surface area contributed by atoms with Crippen LogP contribution in [0.3, 0.4) is 0 Å². The molecule has 8 heteroatoms. The molecule has 0 radical (unpaired) electrons. The minimum Gasteiger partial charge on any atom is -0.404 e. The van der Waals surface area contributed by atoms with Crippen LogP contribution in [0.5, 0.6) is 5.75 Å². The lowest BCUT2D eigenvalue weighted by atomic mass is 10.3. The number of benzene rings is 1. The molecule has 3 nitrogen and oxygen atoms in total. The molecule has 1 aromatic carbocycles. The topological polar surface area (TPSA) is 38.3 Å². The summed E-state index contributed by atoms with van der Waals surface area (Å²) in [6.07, 6.45) is -4.82. The SMILES string of the molecule is CC(=O)Nc1cc(Cl)c(OC(F)(F)F)cc1Br. The standard InChI is InChI=1S/C9H6BrClF3NO2/c1-4(16)15-7-3-6(11)8(2-5(7)10)17-9(12,13)14/h2-3H,1H3,(H,15,16). The average Bonchev–Trinajstić information content (AvgIpc) is 2.10. The van der Waals surface area contributed by atoms with E-state index in [1.54, 1.807) is 0 Å². The van der Waals surface area contributed by atoms with Crippen molar-refractivity contribution >= 4 is 39.1 Å². The van der Waals surface area contributed by atoms with Gasteiger partial charge in [-0.3, -0.25) is 4.79 Å². The van der Waals surface area contributed by atoms with Crippen LogP contribution in [0.25, 0.3) is 0 Å². The van der Waals surface area contributed by atoms with Gasteiger partial charge in [0.15, 0.2) is 0 Å². The molecule has 0 aliphatic heterocycles. The fourth-order valence-corrected chi connectivity index (χ4v) is 1.64. The van der Waals surface area contributed by atoms with Crippen LogP contribution in [0.4, 0.5) is 18.9 Å². The van der Waals surface area contributed by atoms with E-state index >= 15 is 0 Å². The molecule has 0 unspecified atom stereocenters. The Bertz CT molecular complexity index is 451. The summed E-state index contributed by atoms with van der Waals surface area (Å²) in [4.78, 5) is 10.8. The van der Waals surface area contributed by atoms with Gasteiger partial charge in [-0.1, -0.05) is 11.6 Å².